The Morgan fingerprint density at radius 2 is 2.12 bits per heavy atom. The lowest BCUT2D eigenvalue weighted by Gasteiger charge is -2.12. The zero-order valence-corrected chi connectivity index (χ0v) is 8.79. The molecule has 0 saturated carbocycles. The number of hydrogen-bond acceptors (Lipinski definition) is 3. The first-order valence-corrected chi connectivity index (χ1v) is 4.39. The highest BCUT2D eigenvalue weighted by Crippen LogP contribution is 2.37. The van der Waals surface area contributed by atoms with Gasteiger partial charge in [0.25, 0.3) is 0 Å². The minimum Gasteiger partial charge on any atom is -0.493 e. The number of carbonyl (C=O) groups is 1. The van der Waals surface area contributed by atoms with E-state index in [-0.39, 0.29) is 22.1 Å². The van der Waals surface area contributed by atoms with E-state index in [9.17, 15) is 13.6 Å². The van der Waals surface area contributed by atoms with E-state index in [0.717, 1.165) is 12.1 Å². The van der Waals surface area contributed by atoms with E-state index in [1.807, 2.05) is 0 Å². The van der Waals surface area contributed by atoms with Crippen LogP contribution in [-0.2, 0) is 0 Å². The van der Waals surface area contributed by atoms with Gasteiger partial charge in [-0.25, -0.2) is 4.79 Å². The van der Waals surface area contributed by atoms with Gasteiger partial charge < -0.3 is 14.6 Å². The first kappa shape index (κ1) is 12.5. The minimum absolute atomic E-state index is 0.162. The molecule has 0 heterocycles. The molecule has 0 saturated heterocycles. The fraction of sp³-hybridized carbons (Fsp3) is 0.222. The van der Waals surface area contributed by atoms with Crippen LogP contribution in [0, 0.1) is 0 Å². The third-order valence-electron chi connectivity index (χ3n) is 1.68. The van der Waals surface area contributed by atoms with E-state index < -0.39 is 12.6 Å². The van der Waals surface area contributed by atoms with Crippen LogP contribution < -0.4 is 9.47 Å². The average molecular weight is 253 g/mol. The van der Waals surface area contributed by atoms with Gasteiger partial charge in [-0.3, -0.25) is 0 Å². The standard InChI is InChI=1S/C9H7ClF2O4/c1-15-6-3-4(8(13)14)2-5(10)7(6)16-9(11)12/h2-3,9H,1H3,(H,13,14). The number of hydrogen-bond donors (Lipinski definition) is 1. The lowest BCUT2D eigenvalue weighted by Crippen LogP contribution is -2.06. The van der Waals surface area contributed by atoms with Crippen molar-refractivity contribution in [1.29, 1.82) is 0 Å². The van der Waals surface area contributed by atoms with Crippen LogP contribution >= 0.6 is 11.6 Å². The molecule has 0 unspecified atom stereocenters. The maximum Gasteiger partial charge on any atom is 0.387 e. The smallest absolute Gasteiger partial charge is 0.387 e. The van der Waals surface area contributed by atoms with Gasteiger partial charge in [-0.2, -0.15) is 8.78 Å². The summed E-state index contributed by atoms with van der Waals surface area (Å²) in [7, 11) is 1.19. The second-order valence-electron chi connectivity index (χ2n) is 2.67. The van der Waals surface area contributed by atoms with Gasteiger partial charge in [-0.05, 0) is 12.1 Å². The molecule has 1 aromatic rings. The summed E-state index contributed by atoms with van der Waals surface area (Å²) in [5, 5.41) is 8.45. The molecular weight excluding hydrogens is 246 g/mol. The molecule has 1 aromatic carbocycles. The van der Waals surface area contributed by atoms with E-state index in [1.54, 1.807) is 0 Å². The van der Waals surface area contributed by atoms with Gasteiger partial charge in [0.2, 0.25) is 0 Å². The van der Waals surface area contributed by atoms with Crippen molar-refractivity contribution in [3.63, 3.8) is 0 Å². The van der Waals surface area contributed by atoms with Gasteiger partial charge in [-0.15, -0.1) is 0 Å². The molecule has 1 rings (SSSR count). The average Bonchev–Trinajstić information content (AvgIpc) is 2.19. The SMILES string of the molecule is COc1cc(C(=O)O)cc(Cl)c1OC(F)F. The van der Waals surface area contributed by atoms with E-state index in [2.05, 4.69) is 4.74 Å². The Labute approximate surface area is 94.3 Å². The molecule has 0 atom stereocenters. The molecule has 0 aliphatic rings. The van der Waals surface area contributed by atoms with Crippen LogP contribution in [0.25, 0.3) is 0 Å². The summed E-state index contributed by atoms with van der Waals surface area (Å²) < 4.78 is 32.9. The first-order valence-electron chi connectivity index (χ1n) is 4.01. The van der Waals surface area contributed by atoms with Crippen molar-refractivity contribution in [3.05, 3.63) is 22.7 Å². The summed E-state index contributed by atoms with van der Waals surface area (Å²) in [6, 6.07) is 2.05. The Morgan fingerprint density at radius 1 is 1.50 bits per heavy atom. The van der Waals surface area contributed by atoms with Gasteiger partial charge in [0, 0.05) is 0 Å². The summed E-state index contributed by atoms with van der Waals surface area (Å²) in [6.45, 7) is -3.07. The van der Waals surface area contributed by atoms with Crippen LogP contribution in [0.4, 0.5) is 8.78 Å². The zero-order chi connectivity index (χ0) is 12.3. The number of ether oxygens (including phenoxy) is 2. The monoisotopic (exact) mass is 252 g/mol. The molecule has 0 amide bonds. The molecule has 4 nitrogen and oxygen atoms in total. The summed E-state index contributed by atoms with van der Waals surface area (Å²) in [4.78, 5) is 10.7. The summed E-state index contributed by atoms with van der Waals surface area (Å²) in [6.07, 6.45) is 0. The molecule has 88 valence electrons. The van der Waals surface area contributed by atoms with Crippen molar-refractivity contribution in [2.75, 3.05) is 7.11 Å². The Morgan fingerprint density at radius 3 is 2.56 bits per heavy atom. The highest BCUT2D eigenvalue weighted by atomic mass is 35.5. The van der Waals surface area contributed by atoms with Gasteiger partial charge >= 0.3 is 12.6 Å². The maximum absolute atomic E-state index is 12.0. The number of halogens is 3. The predicted octanol–water partition coefficient (Wildman–Crippen LogP) is 2.65. The fourth-order valence-corrected chi connectivity index (χ4v) is 1.30. The second kappa shape index (κ2) is 4.98. The van der Waals surface area contributed by atoms with Gasteiger partial charge in [0.15, 0.2) is 11.5 Å². The van der Waals surface area contributed by atoms with Crippen LogP contribution in [-0.4, -0.2) is 24.8 Å². The number of methoxy groups -OCH3 is 1. The van der Waals surface area contributed by atoms with Crippen molar-refractivity contribution in [2.24, 2.45) is 0 Å². The molecule has 0 radical (unpaired) electrons. The molecule has 0 aliphatic heterocycles. The minimum atomic E-state index is -3.07. The molecule has 0 aromatic heterocycles. The summed E-state index contributed by atoms with van der Waals surface area (Å²) in [5.41, 5.74) is -0.177. The van der Waals surface area contributed by atoms with Gasteiger partial charge in [0.1, 0.15) is 0 Å². The summed E-state index contributed by atoms with van der Waals surface area (Å²) >= 11 is 5.60. The number of carboxylic acid groups (broad SMARTS) is 1. The van der Waals surface area contributed by atoms with Crippen LogP contribution in [0.2, 0.25) is 5.02 Å². The Hall–Kier alpha value is -1.56. The van der Waals surface area contributed by atoms with Crippen LogP contribution in [0.15, 0.2) is 12.1 Å². The number of rotatable bonds is 4. The van der Waals surface area contributed by atoms with Crippen LogP contribution in [0.3, 0.4) is 0 Å². The number of aromatic carboxylic acids is 1. The predicted molar refractivity (Wildman–Crippen MR) is 51.6 cm³/mol. The first-order chi connectivity index (χ1) is 7.45. The van der Waals surface area contributed by atoms with Crippen molar-refractivity contribution < 1.29 is 28.2 Å². The van der Waals surface area contributed by atoms with Crippen LogP contribution in [0.5, 0.6) is 11.5 Å². The quantitative estimate of drug-likeness (QED) is 0.895. The molecular formula is C9H7ClF2O4. The molecule has 0 bridgehead atoms. The van der Waals surface area contributed by atoms with E-state index >= 15 is 0 Å². The highest BCUT2D eigenvalue weighted by molar-refractivity contribution is 6.32. The zero-order valence-electron chi connectivity index (χ0n) is 8.04. The van der Waals surface area contributed by atoms with E-state index in [0.29, 0.717) is 0 Å². The van der Waals surface area contributed by atoms with E-state index in [1.165, 1.54) is 7.11 Å². The molecule has 7 heteroatoms. The Kier molecular flexibility index (Phi) is 3.89. The number of carboxylic acids is 1. The fourth-order valence-electron chi connectivity index (χ4n) is 1.05. The van der Waals surface area contributed by atoms with Crippen molar-refractivity contribution in [2.45, 2.75) is 6.61 Å². The highest BCUT2D eigenvalue weighted by Gasteiger charge is 2.18. The maximum atomic E-state index is 12.0. The lowest BCUT2D eigenvalue weighted by atomic mass is 10.2. The Balaban J connectivity index is 3.23. The van der Waals surface area contributed by atoms with Gasteiger partial charge in [0.05, 0.1) is 17.7 Å². The summed E-state index contributed by atoms with van der Waals surface area (Å²) in [5.74, 6) is -1.79. The van der Waals surface area contributed by atoms with Crippen LogP contribution in [0.1, 0.15) is 10.4 Å². The number of alkyl halides is 2. The van der Waals surface area contributed by atoms with Crippen molar-refractivity contribution in [3.8, 4) is 11.5 Å². The van der Waals surface area contributed by atoms with Crippen molar-refractivity contribution >= 4 is 17.6 Å². The second-order valence-corrected chi connectivity index (χ2v) is 3.08. The normalized spacial score (nSPS) is 10.3. The molecule has 0 aliphatic carbocycles. The molecule has 0 fully saturated rings. The third kappa shape index (κ3) is 2.73. The van der Waals surface area contributed by atoms with Gasteiger partial charge in [-0.1, -0.05) is 11.6 Å². The molecule has 16 heavy (non-hydrogen) atoms. The Bertz CT molecular complexity index is 409. The topological polar surface area (TPSA) is 55.8 Å². The van der Waals surface area contributed by atoms with E-state index in [4.69, 9.17) is 21.4 Å². The third-order valence-corrected chi connectivity index (χ3v) is 1.96. The molecule has 1 N–H and O–H groups in total. The molecule has 0 spiro atoms. The lowest BCUT2D eigenvalue weighted by molar-refractivity contribution is -0.0511. The number of benzene rings is 1. The van der Waals surface area contributed by atoms with Crippen molar-refractivity contribution in [1.82, 2.24) is 0 Å². The largest absolute Gasteiger partial charge is 0.493 e.